The highest BCUT2D eigenvalue weighted by molar-refractivity contribution is 7.91. The molecule has 1 unspecified atom stereocenters. The summed E-state index contributed by atoms with van der Waals surface area (Å²) in [7, 11) is -3.00. The van der Waals surface area contributed by atoms with Crippen LogP contribution in [0.1, 0.15) is 24.5 Å². The lowest BCUT2D eigenvalue weighted by Gasteiger charge is -2.15. The lowest BCUT2D eigenvalue weighted by molar-refractivity contribution is -0.138. The number of rotatable bonds is 5. The van der Waals surface area contributed by atoms with Crippen LogP contribution in [0.5, 0.6) is 0 Å². The van der Waals surface area contributed by atoms with E-state index >= 15 is 0 Å². The van der Waals surface area contributed by atoms with Crippen LogP contribution in [0.3, 0.4) is 0 Å². The van der Waals surface area contributed by atoms with E-state index < -0.39 is 27.4 Å². The average Bonchev–Trinajstić information content (AvgIpc) is 2.89. The number of hydrogen-bond acceptors (Lipinski definition) is 3. The molecular formula is C16H21F4N3O2S. The number of aliphatic imine (C=N–C) groups is 1. The molecule has 2 rings (SSSR count). The Labute approximate surface area is 149 Å². The van der Waals surface area contributed by atoms with E-state index in [1.807, 2.05) is 0 Å². The van der Waals surface area contributed by atoms with Crippen molar-refractivity contribution in [3.05, 3.63) is 35.1 Å². The second-order valence-corrected chi connectivity index (χ2v) is 8.37. The summed E-state index contributed by atoms with van der Waals surface area (Å²) >= 11 is 0. The van der Waals surface area contributed by atoms with Gasteiger partial charge in [0.2, 0.25) is 0 Å². The van der Waals surface area contributed by atoms with Gasteiger partial charge in [0.15, 0.2) is 15.8 Å². The molecule has 1 aliphatic rings. The molecule has 1 aromatic rings. The van der Waals surface area contributed by atoms with E-state index in [1.165, 1.54) is 0 Å². The smallest absolute Gasteiger partial charge is 0.357 e. The molecule has 10 heteroatoms. The van der Waals surface area contributed by atoms with E-state index in [2.05, 4.69) is 15.6 Å². The fraction of sp³-hybridized carbons (Fsp3) is 0.562. The maximum Gasteiger partial charge on any atom is 0.416 e. The van der Waals surface area contributed by atoms with E-state index in [1.54, 1.807) is 6.92 Å². The first-order valence-electron chi connectivity index (χ1n) is 8.19. The summed E-state index contributed by atoms with van der Waals surface area (Å²) in [5.41, 5.74) is -1.20. The summed E-state index contributed by atoms with van der Waals surface area (Å²) in [6.07, 6.45) is -4.12. The summed E-state index contributed by atoms with van der Waals surface area (Å²) in [5, 5.41) is 5.86. The Bertz CT molecular complexity index is 763. The molecule has 0 spiro atoms. The molecular weight excluding hydrogens is 374 g/mol. The lowest BCUT2D eigenvalue weighted by Crippen LogP contribution is -2.40. The van der Waals surface area contributed by atoms with Gasteiger partial charge in [0.1, 0.15) is 5.82 Å². The number of nitrogens with zero attached hydrogens (tertiary/aromatic N) is 1. The summed E-state index contributed by atoms with van der Waals surface area (Å²) in [4.78, 5) is 4.11. The highest BCUT2D eigenvalue weighted by Gasteiger charge is 2.33. The van der Waals surface area contributed by atoms with Crippen molar-refractivity contribution in [2.75, 3.05) is 24.6 Å². The molecule has 1 heterocycles. The van der Waals surface area contributed by atoms with Gasteiger partial charge in [-0.3, -0.25) is 0 Å². The molecule has 1 fully saturated rings. The summed E-state index contributed by atoms with van der Waals surface area (Å²) in [6, 6.07) is 2.48. The SMILES string of the molecule is CCNC(=NCc1ccc(F)cc1C(F)(F)F)NCC1CCS(=O)(=O)C1. The third kappa shape index (κ3) is 5.86. The molecule has 1 saturated heterocycles. The summed E-state index contributed by atoms with van der Waals surface area (Å²) < 4.78 is 75.2. The fourth-order valence-electron chi connectivity index (χ4n) is 2.73. The van der Waals surface area contributed by atoms with Crippen molar-refractivity contribution in [3.8, 4) is 0 Å². The van der Waals surface area contributed by atoms with Gasteiger partial charge in [-0.05, 0) is 37.0 Å². The molecule has 0 bridgehead atoms. The second kappa shape index (κ2) is 8.24. The molecule has 2 N–H and O–H groups in total. The number of halogens is 4. The average molecular weight is 395 g/mol. The van der Waals surface area contributed by atoms with Crippen LogP contribution in [-0.4, -0.2) is 39.0 Å². The monoisotopic (exact) mass is 395 g/mol. The number of sulfone groups is 1. The van der Waals surface area contributed by atoms with Crippen molar-refractivity contribution in [1.29, 1.82) is 0 Å². The topological polar surface area (TPSA) is 70.6 Å². The van der Waals surface area contributed by atoms with Crippen LogP contribution < -0.4 is 10.6 Å². The molecule has 0 aromatic heterocycles. The number of hydrogen-bond donors (Lipinski definition) is 2. The minimum atomic E-state index is -4.67. The van der Waals surface area contributed by atoms with E-state index in [0.717, 1.165) is 12.1 Å². The second-order valence-electron chi connectivity index (χ2n) is 6.14. The highest BCUT2D eigenvalue weighted by Crippen LogP contribution is 2.32. The third-order valence-corrected chi connectivity index (χ3v) is 5.85. The van der Waals surface area contributed by atoms with Gasteiger partial charge >= 0.3 is 6.18 Å². The minimum Gasteiger partial charge on any atom is -0.357 e. The van der Waals surface area contributed by atoms with E-state index in [4.69, 9.17) is 0 Å². The predicted molar refractivity (Wildman–Crippen MR) is 91.0 cm³/mol. The quantitative estimate of drug-likeness (QED) is 0.456. The Kier molecular flexibility index (Phi) is 6.48. The van der Waals surface area contributed by atoms with Crippen LogP contribution in [0.4, 0.5) is 17.6 Å². The molecule has 0 radical (unpaired) electrons. The Hall–Kier alpha value is -1.84. The van der Waals surface area contributed by atoms with Gasteiger partial charge in [-0.25, -0.2) is 17.8 Å². The van der Waals surface area contributed by atoms with Gasteiger partial charge in [0.25, 0.3) is 0 Å². The number of guanidine groups is 1. The fourth-order valence-corrected chi connectivity index (χ4v) is 4.59. The standard InChI is InChI=1S/C16H21F4N3O2S/c1-2-21-15(22-8-11-5-6-26(24,25)10-11)23-9-12-3-4-13(17)7-14(12)16(18,19)20/h3-4,7,11H,2,5-6,8-10H2,1H3,(H2,21,22,23). The zero-order valence-electron chi connectivity index (χ0n) is 14.2. The van der Waals surface area contributed by atoms with Gasteiger partial charge in [0, 0.05) is 13.1 Å². The zero-order chi connectivity index (χ0) is 19.4. The molecule has 1 aromatic carbocycles. The molecule has 0 amide bonds. The van der Waals surface area contributed by atoms with Crippen molar-refractivity contribution < 1.29 is 26.0 Å². The van der Waals surface area contributed by atoms with Crippen LogP contribution >= 0.6 is 0 Å². The largest absolute Gasteiger partial charge is 0.416 e. The van der Waals surface area contributed by atoms with Gasteiger partial charge < -0.3 is 10.6 Å². The summed E-state index contributed by atoms with van der Waals surface area (Å²) in [6.45, 7) is 2.37. The minimum absolute atomic E-state index is 0.0552. The van der Waals surface area contributed by atoms with Crippen LogP contribution in [-0.2, 0) is 22.6 Å². The van der Waals surface area contributed by atoms with E-state index in [9.17, 15) is 26.0 Å². The number of benzene rings is 1. The number of nitrogens with one attached hydrogen (secondary N) is 2. The first-order valence-corrected chi connectivity index (χ1v) is 10.0. The first kappa shape index (κ1) is 20.5. The van der Waals surface area contributed by atoms with Crippen molar-refractivity contribution in [2.24, 2.45) is 10.9 Å². The molecule has 0 saturated carbocycles. The molecule has 1 atom stereocenters. The molecule has 146 valence electrons. The molecule has 0 aliphatic carbocycles. The molecule has 1 aliphatic heterocycles. The van der Waals surface area contributed by atoms with Crippen molar-refractivity contribution >= 4 is 15.8 Å². The predicted octanol–water partition coefficient (Wildman–Crippen LogP) is 2.33. The third-order valence-electron chi connectivity index (χ3n) is 4.01. The summed E-state index contributed by atoms with van der Waals surface area (Å²) in [5.74, 6) is -0.486. The van der Waals surface area contributed by atoms with Crippen LogP contribution in [0.25, 0.3) is 0 Å². The van der Waals surface area contributed by atoms with Crippen molar-refractivity contribution in [2.45, 2.75) is 26.1 Å². The lowest BCUT2D eigenvalue weighted by atomic mass is 10.1. The van der Waals surface area contributed by atoms with Crippen LogP contribution in [0.15, 0.2) is 23.2 Å². The normalized spacial score (nSPS) is 20.2. The highest BCUT2D eigenvalue weighted by atomic mass is 32.2. The maximum absolute atomic E-state index is 13.1. The Morgan fingerprint density at radius 1 is 1.31 bits per heavy atom. The zero-order valence-corrected chi connectivity index (χ0v) is 15.1. The molecule has 5 nitrogen and oxygen atoms in total. The van der Waals surface area contributed by atoms with Gasteiger partial charge in [-0.2, -0.15) is 13.2 Å². The first-order chi connectivity index (χ1) is 12.1. The Morgan fingerprint density at radius 3 is 2.62 bits per heavy atom. The van der Waals surface area contributed by atoms with Crippen molar-refractivity contribution in [3.63, 3.8) is 0 Å². The number of alkyl halides is 3. The maximum atomic E-state index is 13.1. The Balaban J connectivity index is 2.07. The van der Waals surface area contributed by atoms with E-state index in [0.29, 0.717) is 25.6 Å². The van der Waals surface area contributed by atoms with Gasteiger partial charge in [0.05, 0.1) is 23.6 Å². The van der Waals surface area contributed by atoms with Crippen LogP contribution in [0, 0.1) is 11.7 Å². The van der Waals surface area contributed by atoms with Crippen molar-refractivity contribution in [1.82, 2.24) is 10.6 Å². The van der Waals surface area contributed by atoms with Gasteiger partial charge in [-0.15, -0.1) is 0 Å². The Morgan fingerprint density at radius 2 is 2.04 bits per heavy atom. The van der Waals surface area contributed by atoms with E-state index in [-0.39, 0.29) is 35.5 Å². The van der Waals surface area contributed by atoms with Gasteiger partial charge in [-0.1, -0.05) is 6.07 Å². The molecule has 26 heavy (non-hydrogen) atoms. The van der Waals surface area contributed by atoms with Crippen LogP contribution in [0.2, 0.25) is 0 Å².